The third kappa shape index (κ3) is 6.03. The minimum absolute atomic E-state index is 0.0737. The van der Waals surface area contributed by atoms with Gasteiger partial charge in [-0.1, -0.05) is 73.5 Å². The van der Waals surface area contributed by atoms with Crippen molar-refractivity contribution in [2.45, 2.75) is 36.6 Å². The molecule has 3 aromatic carbocycles. The van der Waals surface area contributed by atoms with Gasteiger partial charge in [0.2, 0.25) is 10.0 Å². The molecule has 0 unspecified atom stereocenters. The van der Waals surface area contributed by atoms with Crippen molar-refractivity contribution in [1.82, 2.24) is 14.1 Å². The molecule has 8 heteroatoms. The maximum absolute atomic E-state index is 13.6. The lowest BCUT2D eigenvalue weighted by atomic mass is 9.96. The second-order valence-corrected chi connectivity index (χ2v) is 12.1. The van der Waals surface area contributed by atoms with Crippen LogP contribution in [-0.4, -0.2) is 74.8 Å². The molecular weight excluding hydrogens is 510 g/mol. The SMILES string of the molecule is COc1ccc(C(=O)N2CCN(C(c3ccccc3)c3ccccc3)CC2)cc1S(=O)(=O)N1CCCCCC1. The quantitative estimate of drug-likeness (QED) is 0.425. The monoisotopic (exact) mass is 547 g/mol. The number of amides is 1. The van der Waals surface area contributed by atoms with E-state index in [1.807, 2.05) is 17.0 Å². The van der Waals surface area contributed by atoms with E-state index in [1.54, 1.807) is 12.1 Å². The zero-order chi connectivity index (χ0) is 27.2. The molecular formula is C31H37N3O4S. The molecule has 2 aliphatic heterocycles. The number of piperazine rings is 1. The van der Waals surface area contributed by atoms with Crippen molar-refractivity contribution in [2.75, 3.05) is 46.4 Å². The molecule has 0 N–H and O–H groups in total. The van der Waals surface area contributed by atoms with Gasteiger partial charge in [0.1, 0.15) is 10.6 Å². The Bertz CT molecular complexity index is 1310. The molecule has 7 nitrogen and oxygen atoms in total. The fourth-order valence-corrected chi connectivity index (χ4v) is 7.38. The molecule has 2 fully saturated rings. The predicted molar refractivity (Wildman–Crippen MR) is 152 cm³/mol. The van der Waals surface area contributed by atoms with Gasteiger partial charge in [-0.25, -0.2) is 8.42 Å². The second kappa shape index (κ2) is 12.3. The Balaban J connectivity index is 1.34. The first-order valence-corrected chi connectivity index (χ1v) is 15.2. The maximum atomic E-state index is 13.6. The van der Waals surface area contributed by atoms with Crippen molar-refractivity contribution in [1.29, 1.82) is 0 Å². The van der Waals surface area contributed by atoms with Gasteiger partial charge in [-0.3, -0.25) is 9.69 Å². The highest BCUT2D eigenvalue weighted by Gasteiger charge is 2.32. The maximum Gasteiger partial charge on any atom is 0.253 e. The molecule has 206 valence electrons. The van der Waals surface area contributed by atoms with Crippen molar-refractivity contribution in [3.63, 3.8) is 0 Å². The number of sulfonamides is 1. The van der Waals surface area contributed by atoms with Crippen molar-refractivity contribution in [3.05, 3.63) is 95.6 Å². The summed E-state index contributed by atoms with van der Waals surface area (Å²) in [5.41, 5.74) is 2.82. The van der Waals surface area contributed by atoms with E-state index in [0.717, 1.165) is 38.8 Å². The minimum Gasteiger partial charge on any atom is -0.495 e. The van der Waals surface area contributed by atoms with Crippen LogP contribution in [0.1, 0.15) is 53.2 Å². The molecule has 0 aromatic heterocycles. The predicted octanol–water partition coefficient (Wildman–Crippen LogP) is 4.81. The number of benzene rings is 3. The zero-order valence-corrected chi connectivity index (χ0v) is 23.4. The van der Waals surface area contributed by atoms with Crippen LogP contribution in [0, 0.1) is 0 Å². The molecule has 2 saturated heterocycles. The summed E-state index contributed by atoms with van der Waals surface area (Å²) in [7, 11) is -2.30. The van der Waals surface area contributed by atoms with Gasteiger partial charge >= 0.3 is 0 Å². The van der Waals surface area contributed by atoms with Crippen LogP contribution in [0.4, 0.5) is 0 Å². The van der Waals surface area contributed by atoms with Crippen LogP contribution in [0.3, 0.4) is 0 Å². The summed E-state index contributed by atoms with van der Waals surface area (Å²) in [6.07, 6.45) is 3.75. The highest BCUT2D eigenvalue weighted by molar-refractivity contribution is 7.89. The van der Waals surface area contributed by atoms with E-state index in [0.29, 0.717) is 31.7 Å². The number of methoxy groups -OCH3 is 1. The minimum atomic E-state index is -3.77. The van der Waals surface area contributed by atoms with Crippen LogP contribution in [0.25, 0.3) is 0 Å². The normalized spacial score (nSPS) is 17.6. The van der Waals surface area contributed by atoms with E-state index in [2.05, 4.69) is 53.4 Å². The van der Waals surface area contributed by atoms with Crippen LogP contribution in [0.15, 0.2) is 83.8 Å². The summed E-state index contributed by atoms with van der Waals surface area (Å²) in [6.45, 7) is 3.56. The lowest BCUT2D eigenvalue weighted by Gasteiger charge is -2.40. The number of hydrogen-bond acceptors (Lipinski definition) is 5. The average molecular weight is 548 g/mol. The zero-order valence-electron chi connectivity index (χ0n) is 22.5. The van der Waals surface area contributed by atoms with Gasteiger partial charge in [0.25, 0.3) is 5.91 Å². The van der Waals surface area contributed by atoms with E-state index in [-0.39, 0.29) is 22.6 Å². The van der Waals surface area contributed by atoms with Gasteiger partial charge in [0.05, 0.1) is 13.2 Å². The fourth-order valence-electron chi connectivity index (χ4n) is 5.68. The highest BCUT2D eigenvalue weighted by Crippen LogP contribution is 2.32. The number of carbonyl (C=O) groups is 1. The van der Waals surface area contributed by atoms with Crippen LogP contribution >= 0.6 is 0 Å². The number of hydrogen-bond donors (Lipinski definition) is 0. The number of rotatable bonds is 7. The summed E-state index contributed by atoms with van der Waals surface area (Å²) < 4.78 is 34.1. The first-order valence-electron chi connectivity index (χ1n) is 13.8. The van der Waals surface area contributed by atoms with Gasteiger partial charge in [0.15, 0.2) is 0 Å². The van der Waals surface area contributed by atoms with Crippen LogP contribution < -0.4 is 4.74 Å². The van der Waals surface area contributed by atoms with E-state index < -0.39 is 10.0 Å². The molecule has 3 aromatic rings. The summed E-state index contributed by atoms with van der Waals surface area (Å²) in [5.74, 6) is 0.120. The van der Waals surface area contributed by atoms with Crippen LogP contribution in [-0.2, 0) is 10.0 Å². The molecule has 39 heavy (non-hydrogen) atoms. The molecule has 2 heterocycles. The molecule has 0 atom stereocenters. The topological polar surface area (TPSA) is 70.2 Å². The Morgan fingerprint density at radius 3 is 1.85 bits per heavy atom. The Kier molecular flexibility index (Phi) is 8.65. The van der Waals surface area contributed by atoms with E-state index in [9.17, 15) is 13.2 Å². The first kappa shape index (κ1) is 27.4. The summed E-state index contributed by atoms with van der Waals surface area (Å²) in [4.78, 5) is 17.9. The Morgan fingerprint density at radius 2 is 1.31 bits per heavy atom. The summed E-state index contributed by atoms with van der Waals surface area (Å²) >= 11 is 0. The fraction of sp³-hybridized carbons (Fsp3) is 0.387. The number of carbonyl (C=O) groups excluding carboxylic acids is 1. The van der Waals surface area contributed by atoms with Crippen molar-refractivity contribution in [3.8, 4) is 5.75 Å². The van der Waals surface area contributed by atoms with Crippen molar-refractivity contribution in [2.24, 2.45) is 0 Å². The lowest BCUT2D eigenvalue weighted by molar-refractivity contribution is 0.0597. The van der Waals surface area contributed by atoms with E-state index in [4.69, 9.17) is 4.74 Å². The van der Waals surface area contributed by atoms with Crippen molar-refractivity contribution >= 4 is 15.9 Å². The molecule has 1 amide bonds. The van der Waals surface area contributed by atoms with Crippen molar-refractivity contribution < 1.29 is 17.9 Å². The molecule has 0 aliphatic carbocycles. The van der Waals surface area contributed by atoms with E-state index >= 15 is 0 Å². The molecule has 2 aliphatic rings. The third-order valence-corrected chi connectivity index (χ3v) is 9.71. The summed E-state index contributed by atoms with van der Waals surface area (Å²) in [5, 5.41) is 0. The number of ether oxygens (including phenoxy) is 1. The molecule has 0 radical (unpaired) electrons. The highest BCUT2D eigenvalue weighted by atomic mass is 32.2. The van der Waals surface area contributed by atoms with E-state index in [1.165, 1.54) is 28.6 Å². The molecule has 5 rings (SSSR count). The number of nitrogens with zero attached hydrogens (tertiary/aromatic N) is 3. The van der Waals surface area contributed by atoms with Gasteiger partial charge in [-0.05, 0) is 42.2 Å². The molecule has 0 bridgehead atoms. The first-order chi connectivity index (χ1) is 19.0. The standard InChI is InChI=1S/C31H37N3O4S/c1-38-28-17-16-27(24-29(28)39(36,37)34-18-10-2-3-11-19-34)31(35)33-22-20-32(21-23-33)30(25-12-6-4-7-13-25)26-14-8-5-9-15-26/h4-9,12-17,24,30H,2-3,10-11,18-23H2,1H3. The Morgan fingerprint density at radius 1 is 0.744 bits per heavy atom. The molecule has 0 saturated carbocycles. The molecule has 0 spiro atoms. The largest absolute Gasteiger partial charge is 0.495 e. The van der Waals surface area contributed by atoms with Gasteiger partial charge in [-0.15, -0.1) is 0 Å². The van der Waals surface area contributed by atoms with Gasteiger partial charge in [-0.2, -0.15) is 4.31 Å². The van der Waals surface area contributed by atoms with Gasteiger partial charge < -0.3 is 9.64 Å². The van der Waals surface area contributed by atoms with Gasteiger partial charge in [0, 0.05) is 44.8 Å². The third-order valence-electron chi connectivity index (χ3n) is 7.79. The smallest absolute Gasteiger partial charge is 0.253 e. The summed E-state index contributed by atoms with van der Waals surface area (Å²) in [6, 6.07) is 25.8. The average Bonchev–Trinajstić information content (AvgIpc) is 3.29. The lowest BCUT2D eigenvalue weighted by Crippen LogP contribution is -2.49. The Hall–Kier alpha value is -3.20. The van der Waals surface area contributed by atoms with Crippen LogP contribution in [0.2, 0.25) is 0 Å². The Labute approximate surface area is 232 Å². The van der Waals surface area contributed by atoms with Crippen LogP contribution in [0.5, 0.6) is 5.75 Å². The second-order valence-electron chi connectivity index (χ2n) is 10.2.